The van der Waals surface area contributed by atoms with Crippen molar-refractivity contribution in [2.75, 3.05) is 0 Å². The molecule has 0 amide bonds. The fraction of sp³-hybridized carbons (Fsp3) is 0.333. The Morgan fingerprint density at radius 1 is 1.36 bits per heavy atom. The fourth-order valence-corrected chi connectivity index (χ4v) is 1.51. The maximum Gasteiger partial charge on any atom is 0.101 e. The summed E-state index contributed by atoms with van der Waals surface area (Å²) in [5.74, 6) is 0. The second-order valence-electron chi connectivity index (χ2n) is 2.42. The van der Waals surface area contributed by atoms with Crippen LogP contribution in [0.3, 0.4) is 0 Å². The number of halogens is 2. The molecule has 0 bridgehead atoms. The quantitative estimate of drug-likeness (QED) is 0.568. The van der Waals surface area contributed by atoms with E-state index in [9.17, 15) is 0 Å². The molecule has 0 radical (unpaired) electrons. The van der Waals surface area contributed by atoms with Gasteiger partial charge in [0, 0.05) is 0 Å². The highest BCUT2D eigenvalue weighted by Gasteiger charge is 2.21. The molecule has 0 fully saturated rings. The van der Waals surface area contributed by atoms with Gasteiger partial charge in [-0.15, -0.1) is 0 Å². The molecule has 0 nitrogen and oxygen atoms in total. The molecule has 0 aromatic heterocycles. The van der Waals surface area contributed by atoms with Crippen molar-refractivity contribution < 1.29 is 0 Å². The van der Waals surface area contributed by atoms with Gasteiger partial charge in [0.2, 0.25) is 0 Å². The maximum atomic E-state index is 3.68. The molecule has 1 rings (SSSR count). The highest BCUT2D eigenvalue weighted by atomic mass is 127. The maximum absolute atomic E-state index is 3.68. The van der Waals surface area contributed by atoms with E-state index in [0.29, 0.717) is 0 Å². The molecule has 60 valence electrons. The van der Waals surface area contributed by atoms with Gasteiger partial charge in [-0.1, -0.05) is 75.8 Å². The van der Waals surface area contributed by atoms with E-state index in [0.717, 1.165) is 6.42 Å². The number of hydrogen-bond donors (Lipinski definition) is 0. The highest BCUT2D eigenvalue weighted by Crippen LogP contribution is 2.41. The van der Waals surface area contributed by atoms with E-state index in [4.69, 9.17) is 0 Å². The summed E-state index contributed by atoms with van der Waals surface area (Å²) in [6.45, 7) is 2.17. The van der Waals surface area contributed by atoms with Crippen molar-refractivity contribution in [3.63, 3.8) is 0 Å². The van der Waals surface area contributed by atoms with E-state index in [1.165, 1.54) is 5.56 Å². The van der Waals surface area contributed by atoms with Crippen molar-refractivity contribution >= 4 is 38.5 Å². The third kappa shape index (κ3) is 2.44. The zero-order valence-electron chi connectivity index (χ0n) is 6.35. The zero-order valence-corrected chi connectivity index (χ0v) is 10.1. The normalized spacial score (nSPS) is 15.9. The third-order valence-electron chi connectivity index (χ3n) is 1.64. The van der Waals surface area contributed by atoms with Gasteiger partial charge in [-0.05, 0) is 12.0 Å². The first kappa shape index (κ1) is 9.52. The number of rotatable bonds is 2. The van der Waals surface area contributed by atoms with Crippen LogP contribution in [-0.2, 0) is 2.33 Å². The molecule has 2 heteroatoms. The van der Waals surface area contributed by atoms with Crippen LogP contribution >= 0.6 is 38.5 Å². The largest absolute Gasteiger partial charge is 0.101 e. The lowest BCUT2D eigenvalue weighted by atomic mass is 10.1. The molecule has 0 saturated carbocycles. The Morgan fingerprint density at radius 2 is 1.91 bits per heavy atom. The predicted molar refractivity (Wildman–Crippen MR) is 61.4 cm³/mol. The Balaban J connectivity index is 2.93. The third-order valence-corrected chi connectivity index (χ3v) is 4.04. The van der Waals surface area contributed by atoms with E-state index in [1.807, 2.05) is 6.07 Å². The average molecular weight is 325 g/mol. The molecule has 11 heavy (non-hydrogen) atoms. The minimum Gasteiger partial charge on any atom is -0.0684 e. The molecule has 0 spiro atoms. The number of benzene rings is 1. The van der Waals surface area contributed by atoms with Crippen LogP contribution in [0.5, 0.6) is 0 Å². The summed E-state index contributed by atoms with van der Waals surface area (Å²) < 4.78 is 0.117. The lowest BCUT2D eigenvalue weighted by Crippen LogP contribution is -2.05. The molecular weight excluding hydrogens is 315 g/mol. The van der Waals surface area contributed by atoms with E-state index < -0.39 is 0 Å². The van der Waals surface area contributed by atoms with Gasteiger partial charge in [0.25, 0.3) is 0 Å². The van der Waals surface area contributed by atoms with Gasteiger partial charge >= 0.3 is 0 Å². The van der Waals surface area contributed by atoms with Crippen LogP contribution < -0.4 is 0 Å². The van der Waals surface area contributed by atoms with Gasteiger partial charge in [-0.25, -0.2) is 0 Å². The number of alkyl halides is 2. The molecule has 1 aromatic rings. The van der Waals surface area contributed by atoms with Crippen molar-refractivity contribution in [3.8, 4) is 0 Å². The summed E-state index contributed by atoms with van der Waals surface area (Å²) in [7, 11) is 0. The molecule has 1 aromatic carbocycles. The second-order valence-corrected chi connectivity index (χ2v) is 7.10. The first-order chi connectivity index (χ1) is 5.17. The van der Waals surface area contributed by atoms with Gasteiger partial charge in [-0.2, -0.15) is 0 Å². The van der Waals surface area contributed by atoms with Crippen LogP contribution in [0.2, 0.25) is 0 Å². The highest BCUT2D eigenvalue weighted by molar-refractivity contribution is 14.1. The smallest absolute Gasteiger partial charge is 0.0684 e. The Hall–Kier alpha value is 0.430. The van der Waals surface area contributed by atoms with Crippen molar-refractivity contribution in [1.29, 1.82) is 0 Å². The minimum absolute atomic E-state index is 0.117. The van der Waals surface area contributed by atoms with Crippen LogP contribution in [0, 0.1) is 0 Å². The minimum atomic E-state index is 0.117. The van der Waals surface area contributed by atoms with E-state index in [2.05, 4.69) is 69.7 Å². The summed E-state index contributed by atoms with van der Waals surface area (Å²) in [4.78, 5) is 0. The van der Waals surface area contributed by atoms with Crippen molar-refractivity contribution in [3.05, 3.63) is 35.9 Å². The lowest BCUT2D eigenvalue weighted by molar-refractivity contribution is 0.882. The topological polar surface area (TPSA) is 0 Å². The summed E-state index contributed by atoms with van der Waals surface area (Å²) in [6, 6.07) is 10.5. The molecule has 0 aliphatic carbocycles. The van der Waals surface area contributed by atoms with E-state index in [-0.39, 0.29) is 2.33 Å². The van der Waals surface area contributed by atoms with Crippen molar-refractivity contribution in [2.24, 2.45) is 0 Å². The summed E-state index contributed by atoms with van der Waals surface area (Å²) >= 11 is 6.10. The molecule has 1 atom stereocenters. The molecule has 1 unspecified atom stereocenters. The molecule has 0 N–H and O–H groups in total. The van der Waals surface area contributed by atoms with Gasteiger partial charge in [0.05, 0.1) is 0 Å². The van der Waals surface area contributed by atoms with Gasteiger partial charge in [0.1, 0.15) is 2.33 Å². The van der Waals surface area contributed by atoms with Crippen molar-refractivity contribution in [2.45, 2.75) is 15.7 Å². The Kier molecular flexibility index (Phi) is 3.37. The number of hydrogen-bond acceptors (Lipinski definition) is 0. The van der Waals surface area contributed by atoms with Crippen LogP contribution in [0.25, 0.3) is 0 Å². The summed E-state index contributed by atoms with van der Waals surface area (Å²) in [6.07, 6.45) is 1.09. The Labute approximate surface area is 89.7 Å². The molecule has 0 heterocycles. The molecule has 0 saturated heterocycles. The first-order valence-electron chi connectivity index (χ1n) is 3.60. The van der Waals surface area contributed by atoms with Crippen LogP contribution in [0.15, 0.2) is 30.3 Å². The summed E-state index contributed by atoms with van der Waals surface area (Å²) in [5.41, 5.74) is 1.34. The van der Waals surface area contributed by atoms with Gasteiger partial charge in [0.15, 0.2) is 0 Å². The standard InChI is InChI=1S/C9H10BrI/c1-2-9(10,11)8-6-4-3-5-7-8/h3-7H,2H2,1H3. The monoisotopic (exact) mass is 324 g/mol. The van der Waals surface area contributed by atoms with Crippen LogP contribution in [-0.4, -0.2) is 0 Å². The van der Waals surface area contributed by atoms with Crippen LogP contribution in [0.4, 0.5) is 0 Å². The summed E-state index contributed by atoms with van der Waals surface area (Å²) in [5, 5.41) is 0. The van der Waals surface area contributed by atoms with E-state index in [1.54, 1.807) is 0 Å². The van der Waals surface area contributed by atoms with Crippen LogP contribution in [0.1, 0.15) is 18.9 Å². The first-order valence-corrected chi connectivity index (χ1v) is 5.47. The Bertz CT molecular complexity index is 218. The SMILES string of the molecule is CCC(Br)(I)c1ccccc1. The fourth-order valence-electron chi connectivity index (χ4n) is 0.886. The molecule has 0 aliphatic rings. The van der Waals surface area contributed by atoms with Crippen molar-refractivity contribution in [1.82, 2.24) is 0 Å². The van der Waals surface area contributed by atoms with Gasteiger partial charge in [-0.3, -0.25) is 0 Å². The molecule has 0 aliphatic heterocycles. The zero-order chi connectivity index (χ0) is 8.32. The molecular formula is C9H10BrI. The average Bonchev–Trinajstić information content (AvgIpc) is 2.06. The second kappa shape index (κ2) is 3.90. The van der Waals surface area contributed by atoms with E-state index >= 15 is 0 Å². The lowest BCUT2D eigenvalue weighted by Gasteiger charge is -2.18. The predicted octanol–water partition coefficient (Wildman–Crippen LogP) is 4.08. The Morgan fingerprint density at radius 3 is 2.36 bits per heavy atom. The van der Waals surface area contributed by atoms with Gasteiger partial charge < -0.3 is 0 Å².